The molecule has 2 nitrogen and oxygen atoms in total. The number of hydrogen-bond acceptors (Lipinski definition) is 2. The maximum Gasteiger partial charge on any atom is 0.000803 e. The normalized spacial score (nSPS) is 21.6. The molecule has 3 N–H and O–H groups in total. The van der Waals surface area contributed by atoms with Crippen molar-refractivity contribution in [3.63, 3.8) is 0 Å². The number of hydrogen-bond donors (Lipinski definition) is 2. The first-order valence-corrected chi connectivity index (χ1v) is 6.99. The van der Waals surface area contributed by atoms with Gasteiger partial charge in [-0.1, -0.05) is 33.6 Å². The third-order valence-electron chi connectivity index (χ3n) is 3.90. The fourth-order valence-electron chi connectivity index (χ4n) is 3.11. The Labute approximate surface area is 101 Å². The second-order valence-corrected chi connectivity index (χ2v) is 6.28. The standard InChI is InChI=1S/C14H30N2/c1-12(2)8-14(6-4-5-7-14)11-16-10-13(3)9-15/h12-13,16H,4-11,15H2,1-3H3. The zero-order valence-corrected chi connectivity index (χ0v) is 11.4. The maximum atomic E-state index is 5.64. The van der Waals surface area contributed by atoms with E-state index in [9.17, 15) is 0 Å². The molecule has 0 aliphatic heterocycles. The molecule has 0 aromatic heterocycles. The van der Waals surface area contributed by atoms with E-state index in [1.807, 2.05) is 0 Å². The third-order valence-corrected chi connectivity index (χ3v) is 3.90. The summed E-state index contributed by atoms with van der Waals surface area (Å²) in [5.41, 5.74) is 6.24. The molecule has 2 heteroatoms. The van der Waals surface area contributed by atoms with Gasteiger partial charge in [0, 0.05) is 6.54 Å². The Morgan fingerprint density at radius 1 is 1.19 bits per heavy atom. The molecule has 0 heterocycles. The highest BCUT2D eigenvalue weighted by molar-refractivity contribution is 4.87. The van der Waals surface area contributed by atoms with Crippen molar-refractivity contribution in [3.8, 4) is 0 Å². The topological polar surface area (TPSA) is 38.0 Å². The van der Waals surface area contributed by atoms with Gasteiger partial charge in [0.2, 0.25) is 0 Å². The first-order valence-electron chi connectivity index (χ1n) is 6.99. The molecule has 1 fully saturated rings. The molecule has 1 unspecified atom stereocenters. The van der Waals surface area contributed by atoms with Crippen LogP contribution in [-0.2, 0) is 0 Å². The van der Waals surface area contributed by atoms with Gasteiger partial charge in [-0.25, -0.2) is 0 Å². The maximum absolute atomic E-state index is 5.64. The summed E-state index contributed by atoms with van der Waals surface area (Å²) in [6.07, 6.45) is 7.10. The summed E-state index contributed by atoms with van der Waals surface area (Å²) >= 11 is 0. The van der Waals surface area contributed by atoms with Gasteiger partial charge in [0.25, 0.3) is 0 Å². The molecule has 96 valence electrons. The highest BCUT2D eigenvalue weighted by Gasteiger charge is 2.33. The second-order valence-electron chi connectivity index (χ2n) is 6.28. The molecule has 0 aromatic rings. The van der Waals surface area contributed by atoms with E-state index in [0.717, 1.165) is 19.0 Å². The van der Waals surface area contributed by atoms with Crippen LogP contribution in [0.3, 0.4) is 0 Å². The summed E-state index contributed by atoms with van der Waals surface area (Å²) in [7, 11) is 0. The molecule has 1 rings (SSSR count). The van der Waals surface area contributed by atoms with Gasteiger partial charge in [-0.15, -0.1) is 0 Å². The molecule has 1 aliphatic rings. The molecular weight excluding hydrogens is 196 g/mol. The number of nitrogens with one attached hydrogen (secondary N) is 1. The van der Waals surface area contributed by atoms with Gasteiger partial charge in [-0.3, -0.25) is 0 Å². The van der Waals surface area contributed by atoms with E-state index in [-0.39, 0.29) is 0 Å². The number of rotatable bonds is 7. The molecular formula is C14H30N2. The lowest BCUT2D eigenvalue weighted by molar-refractivity contribution is 0.221. The van der Waals surface area contributed by atoms with E-state index in [0.29, 0.717) is 11.3 Å². The monoisotopic (exact) mass is 226 g/mol. The molecule has 0 radical (unpaired) electrons. The van der Waals surface area contributed by atoms with E-state index < -0.39 is 0 Å². The molecule has 16 heavy (non-hydrogen) atoms. The second kappa shape index (κ2) is 6.61. The van der Waals surface area contributed by atoms with Crippen LogP contribution in [0, 0.1) is 17.3 Å². The smallest absolute Gasteiger partial charge is 0.000803 e. The Balaban J connectivity index is 2.33. The van der Waals surface area contributed by atoms with Crippen molar-refractivity contribution in [1.29, 1.82) is 0 Å². The summed E-state index contributed by atoms with van der Waals surface area (Å²) in [6, 6.07) is 0. The van der Waals surface area contributed by atoms with Crippen LogP contribution in [0.2, 0.25) is 0 Å². The molecule has 1 saturated carbocycles. The Morgan fingerprint density at radius 2 is 1.81 bits per heavy atom. The Hall–Kier alpha value is -0.0800. The number of nitrogens with two attached hydrogens (primary N) is 1. The molecule has 1 atom stereocenters. The first-order chi connectivity index (χ1) is 7.58. The zero-order chi connectivity index (χ0) is 12.0. The quantitative estimate of drug-likeness (QED) is 0.700. The Morgan fingerprint density at radius 3 is 2.31 bits per heavy atom. The summed E-state index contributed by atoms with van der Waals surface area (Å²) < 4.78 is 0. The van der Waals surface area contributed by atoms with Crippen molar-refractivity contribution >= 4 is 0 Å². The van der Waals surface area contributed by atoms with Crippen molar-refractivity contribution < 1.29 is 0 Å². The van der Waals surface area contributed by atoms with Crippen molar-refractivity contribution in [2.75, 3.05) is 19.6 Å². The largest absolute Gasteiger partial charge is 0.330 e. The van der Waals surface area contributed by atoms with E-state index in [2.05, 4.69) is 26.1 Å². The van der Waals surface area contributed by atoms with Crippen LogP contribution in [0.4, 0.5) is 0 Å². The van der Waals surface area contributed by atoms with E-state index in [1.54, 1.807) is 0 Å². The average molecular weight is 226 g/mol. The van der Waals surface area contributed by atoms with Crippen LogP contribution < -0.4 is 11.1 Å². The third kappa shape index (κ3) is 4.42. The minimum Gasteiger partial charge on any atom is -0.330 e. The van der Waals surface area contributed by atoms with Gasteiger partial charge in [-0.2, -0.15) is 0 Å². The molecule has 0 aromatic carbocycles. The van der Waals surface area contributed by atoms with Gasteiger partial charge in [0.05, 0.1) is 0 Å². The summed E-state index contributed by atoms with van der Waals surface area (Å²) in [4.78, 5) is 0. The highest BCUT2D eigenvalue weighted by Crippen LogP contribution is 2.42. The lowest BCUT2D eigenvalue weighted by Gasteiger charge is -2.31. The predicted molar refractivity (Wildman–Crippen MR) is 71.4 cm³/mol. The molecule has 0 spiro atoms. The lowest BCUT2D eigenvalue weighted by Crippen LogP contribution is -2.36. The van der Waals surface area contributed by atoms with Crippen LogP contribution in [0.1, 0.15) is 52.9 Å². The van der Waals surface area contributed by atoms with E-state index in [4.69, 9.17) is 5.73 Å². The SMILES string of the molecule is CC(C)CC1(CNCC(C)CN)CCCC1. The van der Waals surface area contributed by atoms with Crippen LogP contribution in [0.25, 0.3) is 0 Å². The van der Waals surface area contributed by atoms with Gasteiger partial charge < -0.3 is 11.1 Å². The fraction of sp³-hybridized carbons (Fsp3) is 1.00. The van der Waals surface area contributed by atoms with Crippen molar-refractivity contribution in [1.82, 2.24) is 5.32 Å². The molecule has 0 bridgehead atoms. The van der Waals surface area contributed by atoms with Gasteiger partial charge in [0.1, 0.15) is 0 Å². The first kappa shape index (κ1) is 14.0. The molecule has 1 aliphatic carbocycles. The lowest BCUT2D eigenvalue weighted by atomic mass is 9.78. The summed E-state index contributed by atoms with van der Waals surface area (Å²) in [5.74, 6) is 1.43. The van der Waals surface area contributed by atoms with Gasteiger partial charge >= 0.3 is 0 Å². The zero-order valence-electron chi connectivity index (χ0n) is 11.4. The Bertz CT molecular complexity index is 183. The highest BCUT2D eigenvalue weighted by atomic mass is 14.9. The average Bonchev–Trinajstić information content (AvgIpc) is 2.65. The minimum absolute atomic E-state index is 0.600. The summed E-state index contributed by atoms with van der Waals surface area (Å²) in [6.45, 7) is 10.00. The van der Waals surface area contributed by atoms with Crippen LogP contribution in [0.5, 0.6) is 0 Å². The minimum atomic E-state index is 0.600. The summed E-state index contributed by atoms with van der Waals surface area (Å²) in [5, 5.41) is 3.64. The van der Waals surface area contributed by atoms with Crippen LogP contribution in [-0.4, -0.2) is 19.6 Å². The van der Waals surface area contributed by atoms with Crippen molar-refractivity contribution in [2.45, 2.75) is 52.9 Å². The fourth-order valence-corrected chi connectivity index (χ4v) is 3.11. The van der Waals surface area contributed by atoms with Gasteiger partial charge in [-0.05, 0) is 49.6 Å². The van der Waals surface area contributed by atoms with Crippen molar-refractivity contribution in [2.24, 2.45) is 23.0 Å². The van der Waals surface area contributed by atoms with E-state index >= 15 is 0 Å². The van der Waals surface area contributed by atoms with Crippen LogP contribution in [0.15, 0.2) is 0 Å². The van der Waals surface area contributed by atoms with Gasteiger partial charge in [0.15, 0.2) is 0 Å². The van der Waals surface area contributed by atoms with Crippen molar-refractivity contribution in [3.05, 3.63) is 0 Å². The molecule has 0 amide bonds. The van der Waals surface area contributed by atoms with Crippen LogP contribution >= 0.6 is 0 Å². The molecule has 0 saturated heterocycles. The predicted octanol–water partition coefficient (Wildman–Crippen LogP) is 2.78. The Kier molecular flexibility index (Phi) is 5.77. The van der Waals surface area contributed by atoms with E-state index in [1.165, 1.54) is 38.6 Å².